The molecule has 1 heterocycles. The van der Waals surface area contributed by atoms with Crippen LogP contribution in [0.5, 0.6) is 5.75 Å². The van der Waals surface area contributed by atoms with Crippen LogP contribution in [0.1, 0.15) is 43.2 Å². The van der Waals surface area contributed by atoms with Gasteiger partial charge < -0.3 is 20.8 Å². The molecule has 1 aliphatic heterocycles. The highest BCUT2D eigenvalue weighted by molar-refractivity contribution is 5.73. The minimum Gasteiger partial charge on any atom is -0.506 e. The average molecular weight is 466 g/mol. The smallest absolute Gasteiger partial charge is 0.490 e. The molecule has 0 spiro atoms. The highest BCUT2D eigenvalue weighted by atomic mass is 19.4. The zero-order valence-corrected chi connectivity index (χ0v) is 17.9. The number of carboxylic acid groups (broad SMARTS) is 1. The van der Waals surface area contributed by atoms with Crippen LogP contribution in [0.15, 0.2) is 36.4 Å². The topological polar surface area (TPSA) is 81.6 Å². The molecule has 5 nitrogen and oxygen atoms in total. The zero-order valence-electron chi connectivity index (χ0n) is 17.9. The Bertz CT molecular complexity index is 1040. The van der Waals surface area contributed by atoms with Crippen molar-refractivity contribution in [2.24, 2.45) is 5.92 Å². The molecule has 2 aromatic rings. The maximum atomic E-state index is 13.5. The van der Waals surface area contributed by atoms with Crippen molar-refractivity contribution in [3.8, 4) is 5.75 Å². The number of anilines is 2. The number of aliphatic carboxylic acids is 1. The van der Waals surface area contributed by atoms with Crippen LogP contribution >= 0.6 is 0 Å². The zero-order chi connectivity index (χ0) is 23.8. The number of hydrogen-bond acceptors (Lipinski definition) is 4. The van der Waals surface area contributed by atoms with Crippen LogP contribution in [0.2, 0.25) is 0 Å². The summed E-state index contributed by atoms with van der Waals surface area (Å²) in [4.78, 5) is 8.90. The molecule has 1 saturated heterocycles. The van der Waals surface area contributed by atoms with Gasteiger partial charge in [-0.1, -0.05) is 18.9 Å². The fourth-order valence-corrected chi connectivity index (χ4v) is 5.79. The number of halogens is 4. The first kappa shape index (κ1) is 23.4. The van der Waals surface area contributed by atoms with Crippen molar-refractivity contribution in [2.45, 2.75) is 56.2 Å². The summed E-state index contributed by atoms with van der Waals surface area (Å²) < 4.78 is 45.2. The van der Waals surface area contributed by atoms with E-state index in [0.29, 0.717) is 23.3 Å². The third-order valence-electron chi connectivity index (χ3n) is 7.11. The molecule has 0 unspecified atom stereocenters. The third kappa shape index (κ3) is 4.64. The molecule has 3 aliphatic rings. The Morgan fingerprint density at radius 2 is 1.91 bits per heavy atom. The van der Waals surface area contributed by atoms with Crippen LogP contribution in [0.4, 0.5) is 28.9 Å². The number of phenolic OH excluding ortho intramolecular Hbond substituents is 1. The van der Waals surface area contributed by atoms with E-state index in [1.807, 2.05) is 12.1 Å². The number of carboxylic acids is 1. The molecule has 0 radical (unpaired) electrons. The van der Waals surface area contributed by atoms with E-state index in [1.165, 1.54) is 48.9 Å². The molecule has 2 aromatic carbocycles. The third-order valence-corrected chi connectivity index (χ3v) is 7.11. The molecule has 178 valence electrons. The maximum absolute atomic E-state index is 13.5. The first-order valence-corrected chi connectivity index (χ1v) is 11.0. The van der Waals surface area contributed by atoms with Crippen molar-refractivity contribution in [3.05, 3.63) is 53.3 Å². The van der Waals surface area contributed by atoms with Crippen LogP contribution in [0.25, 0.3) is 0 Å². The predicted molar refractivity (Wildman–Crippen MR) is 115 cm³/mol. The SMILES string of the molecule is O=C(O)C(F)(F)F.Oc1cc2c(cc1Nc1cccc(F)c1)C[C@@H]1NCC[C@]23CCCC[C@H]13. The summed E-state index contributed by atoms with van der Waals surface area (Å²) >= 11 is 0. The van der Waals surface area contributed by atoms with E-state index in [1.54, 1.807) is 6.07 Å². The van der Waals surface area contributed by atoms with Gasteiger partial charge in [0.25, 0.3) is 0 Å². The van der Waals surface area contributed by atoms with Crippen molar-refractivity contribution in [1.29, 1.82) is 0 Å². The van der Waals surface area contributed by atoms with Crippen molar-refractivity contribution in [3.63, 3.8) is 0 Å². The number of fused-ring (bicyclic) bond motifs is 1. The fraction of sp³-hybridized carbons (Fsp3) is 0.458. The van der Waals surface area contributed by atoms with Crippen LogP contribution < -0.4 is 10.6 Å². The molecular weight excluding hydrogens is 440 g/mol. The Labute approximate surface area is 188 Å². The highest BCUT2D eigenvalue weighted by Crippen LogP contribution is 2.55. The van der Waals surface area contributed by atoms with Gasteiger partial charge in [0, 0.05) is 17.1 Å². The number of alkyl halides is 3. The lowest BCUT2D eigenvalue weighted by Gasteiger charge is -2.56. The molecule has 0 amide bonds. The quantitative estimate of drug-likeness (QED) is 0.359. The van der Waals surface area contributed by atoms with Crippen LogP contribution in [0.3, 0.4) is 0 Å². The molecule has 2 aliphatic carbocycles. The number of rotatable bonds is 2. The van der Waals surface area contributed by atoms with Crippen molar-refractivity contribution in [1.82, 2.24) is 5.32 Å². The molecule has 4 N–H and O–H groups in total. The molecule has 1 saturated carbocycles. The summed E-state index contributed by atoms with van der Waals surface area (Å²) in [5, 5.41) is 24.8. The van der Waals surface area contributed by atoms with Gasteiger partial charge >= 0.3 is 12.1 Å². The number of phenols is 1. The van der Waals surface area contributed by atoms with E-state index >= 15 is 0 Å². The first-order valence-electron chi connectivity index (χ1n) is 11.0. The van der Waals surface area contributed by atoms with Gasteiger partial charge in [-0.05, 0) is 79.6 Å². The summed E-state index contributed by atoms with van der Waals surface area (Å²) in [5.41, 5.74) is 4.25. The lowest BCUT2D eigenvalue weighted by molar-refractivity contribution is -0.192. The lowest BCUT2D eigenvalue weighted by atomic mass is 9.53. The number of carbonyl (C=O) groups is 1. The monoisotopic (exact) mass is 466 g/mol. The largest absolute Gasteiger partial charge is 0.506 e. The van der Waals surface area contributed by atoms with Gasteiger partial charge in [0.2, 0.25) is 0 Å². The Hall–Kier alpha value is -2.81. The molecule has 5 rings (SSSR count). The molecular formula is C24H26F4N2O3. The van der Waals surface area contributed by atoms with Crippen molar-refractivity contribution >= 4 is 17.3 Å². The van der Waals surface area contributed by atoms with E-state index in [4.69, 9.17) is 9.90 Å². The van der Waals surface area contributed by atoms with Crippen LogP contribution in [-0.4, -0.2) is 34.9 Å². The molecule has 2 fully saturated rings. The predicted octanol–water partition coefficient (Wildman–Crippen LogP) is 5.25. The van der Waals surface area contributed by atoms with Crippen LogP contribution in [0, 0.1) is 11.7 Å². The van der Waals surface area contributed by atoms with Gasteiger partial charge in [0.1, 0.15) is 11.6 Å². The number of benzene rings is 2. The summed E-state index contributed by atoms with van der Waals surface area (Å²) in [5.74, 6) is -2.08. The number of hydrogen-bond donors (Lipinski definition) is 4. The summed E-state index contributed by atoms with van der Waals surface area (Å²) in [6.45, 7) is 1.07. The minimum atomic E-state index is -5.08. The van der Waals surface area contributed by atoms with Gasteiger partial charge in [-0.15, -0.1) is 0 Å². The van der Waals surface area contributed by atoms with Gasteiger partial charge in [0.05, 0.1) is 5.69 Å². The Kier molecular flexibility index (Phi) is 6.26. The Morgan fingerprint density at radius 3 is 2.61 bits per heavy atom. The van der Waals surface area contributed by atoms with Crippen molar-refractivity contribution in [2.75, 3.05) is 11.9 Å². The van der Waals surface area contributed by atoms with Crippen molar-refractivity contribution < 1.29 is 32.6 Å². The van der Waals surface area contributed by atoms with E-state index in [0.717, 1.165) is 19.4 Å². The molecule has 3 atom stereocenters. The standard InChI is InChI=1S/C22H25FN2O.C2HF3O2/c23-15-4-3-5-16(12-15)25-20-11-14-10-19-17-6-1-2-7-22(17,8-9-24-19)18(14)13-21(20)26;3-2(4,5)1(6)7/h3-5,11-13,17,19,24-26H,1-2,6-10H2;(H,6,7)/t17-,19+,22+;/m1./s1. The number of nitrogens with one attached hydrogen (secondary N) is 2. The second kappa shape index (κ2) is 8.85. The van der Waals surface area contributed by atoms with E-state index in [2.05, 4.69) is 16.7 Å². The minimum absolute atomic E-state index is 0.233. The molecule has 0 aromatic heterocycles. The summed E-state index contributed by atoms with van der Waals surface area (Å²) in [6, 6.07) is 11.0. The van der Waals surface area contributed by atoms with Crippen LogP contribution in [-0.2, 0) is 16.6 Å². The highest BCUT2D eigenvalue weighted by Gasteiger charge is 2.51. The van der Waals surface area contributed by atoms with Gasteiger partial charge in [-0.3, -0.25) is 0 Å². The second-order valence-electron chi connectivity index (χ2n) is 8.99. The van der Waals surface area contributed by atoms with E-state index in [9.17, 15) is 22.7 Å². The van der Waals surface area contributed by atoms with E-state index in [-0.39, 0.29) is 17.0 Å². The molecule has 9 heteroatoms. The normalized spacial score (nSPS) is 25.7. The molecule has 2 bridgehead atoms. The van der Waals surface area contributed by atoms with Gasteiger partial charge in [-0.2, -0.15) is 13.2 Å². The second-order valence-corrected chi connectivity index (χ2v) is 8.99. The average Bonchev–Trinajstić information content (AvgIpc) is 2.75. The van der Waals surface area contributed by atoms with Gasteiger partial charge in [-0.25, -0.2) is 9.18 Å². The molecule has 33 heavy (non-hydrogen) atoms. The summed E-state index contributed by atoms with van der Waals surface area (Å²) in [6.07, 6.45) is 2.23. The van der Waals surface area contributed by atoms with E-state index < -0.39 is 12.1 Å². The van der Waals surface area contributed by atoms with Gasteiger partial charge in [0.15, 0.2) is 0 Å². The Morgan fingerprint density at radius 1 is 1.15 bits per heavy atom. The number of piperidine rings is 1. The number of aromatic hydroxyl groups is 1. The lowest BCUT2D eigenvalue weighted by Crippen LogP contribution is -2.59. The first-order chi connectivity index (χ1) is 15.6. The maximum Gasteiger partial charge on any atom is 0.490 e. The fourth-order valence-electron chi connectivity index (χ4n) is 5.79. The summed E-state index contributed by atoms with van der Waals surface area (Å²) in [7, 11) is 0. The Balaban J connectivity index is 0.000000325.